The van der Waals surface area contributed by atoms with Crippen LogP contribution in [-0.4, -0.2) is 58.8 Å². The standard InChI is InChI=1S/C23H29N7O2/c1-15-18-14-26-23(27-19-8-7-17(13-25-19)29-11-9-24-10-12-29)28-21(18)30(16-5-3-4-6-16)20(15)22(31)32-2/h7-8,13-14,16,24H,3-6,9-12H2,1-2H3,(H,25,26,27,28). The van der Waals surface area contributed by atoms with Gasteiger partial charge in [-0.2, -0.15) is 4.98 Å². The topological polar surface area (TPSA) is 97.2 Å². The molecule has 168 valence electrons. The molecule has 0 amide bonds. The molecular weight excluding hydrogens is 406 g/mol. The zero-order valence-corrected chi connectivity index (χ0v) is 18.6. The highest BCUT2D eigenvalue weighted by molar-refractivity contribution is 5.98. The molecule has 2 aliphatic rings. The summed E-state index contributed by atoms with van der Waals surface area (Å²) in [5.41, 5.74) is 3.33. The molecule has 1 aliphatic carbocycles. The van der Waals surface area contributed by atoms with Crippen molar-refractivity contribution in [1.29, 1.82) is 0 Å². The van der Waals surface area contributed by atoms with Crippen LogP contribution in [0.4, 0.5) is 17.5 Å². The van der Waals surface area contributed by atoms with Crippen LogP contribution in [0.2, 0.25) is 0 Å². The summed E-state index contributed by atoms with van der Waals surface area (Å²) in [7, 11) is 1.42. The van der Waals surface area contributed by atoms with E-state index in [4.69, 9.17) is 9.72 Å². The van der Waals surface area contributed by atoms with E-state index < -0.39 is 0 Å². The van der Waals surface area contributed by atoms with Gasteiger partial charge in [-0.05, 0) is 37.5 Å². The fourth-order valence-corrected chi connectivity index (χ4v) is 4.85. The van der Waals surface area contributed by atoms with E-state index in [1.807, 2.05) is 19.2 Å². The van der Waals surface area contributed by atoms with Crippen LogP contribution in [0.5, 0.6) is 0 Å². The molecule has 1 saturated heterocycles. The molecule has 32 heavy (non-hydrogen) atoms. The monoisotopic (exact) mass is 435 g/mol. The highest BCUT2D eigenvalue weighted by Crippen LogP contribution is 2.36. The summed E-state index contributed by atoms with van der Waals surface area (Å²) in [6.07, 6.45) is 8.05. The molecule has 0 aromatic carbocycles. The molecule has 0 spiro atoms. The van der Waals surface area contributed by atoms with Gasteiger partial charge in [0.2, 0.25) is 5.95 Å². The summed E-state index contributed by atoms with van der Waals surface area (Å²) in [6.45, 7) is 5.87. The van der Waals surface area contributed by atoms with Crippen molar-refractivity contribution in [3.05, 3.63) is 35.8 Å². The number of aromatic nitrogens is 4. The number of pyridine rings is 1. The van der Waals surface area contributed by atoms with Crippen LogP contribution in [0.3, 0.4) is 0 Å². The molecule has 9 nitrogen and oxygen atoms in total. The van der Waals surface area contributed by atoms with Crippen LogP contribution < -0.4 is 15.5 Å². The molecule has 2 N–H and O–H groups in total. The van der Waals surface area contributed by atoms with Gasteiger partial charge >= 0.3 is 5.97 Å². The number of nitrogens with zero attached hydrogens (tertiary/aromatic N) is 5. The number of carbonyl (C=O) groups is 1. The van der Waals surface area contributed by atoms with E-state index in [-0.39, 0.29) is 12.0 Å². The Labute approximate surface area is 187 Å². The van der Waals surface area contributed by atoms with Gasteiger partial charge in [0.1, 0.15) is 17.2 Å². The van der Waals surface area contributed by atoms with Crippen LogP contribution >= 0.6 is 0 Å². The van der Waals surface area contributed by atoms with Gasteiger partial charge in [0.05, 0.1) is 19.0 Å². The van der Waals surface area contributed by atoms with E-state index in [1.54, 1.807) is 6.20 Å². The highest BCUT2D eigenvalue weighted by Gasteiger charge is 2.29. The Balaban J connectivity index is 1.46. The Kier molecular flexibility index (Phi) is 5.65. The number of ether oxygens (including phenoxy) is 1. The number of fused-ring (bicyclic) bond motifs is 1. The van der Waals surface area contributed by atoms with Gasteiger partial charge in [-0.1, -0.05) is 12.8 Å². The molecule has 0 atom stereocenters. The first kappa shape index (κ1) is 20.7. The van der Waals surface area contributed by atoms with Crippen molar-refractivity contribution in [3.8, 4) is 0 Å². The molecule has 0 unspecified atom stereocenters. The zero-order valence-electron chi connectivity index (χ0n) is 18.6. The fraction of sp³-hybridized carbons (Fsp3) is 0.478. The summed E-state index contributed by atoms with van der Waals surface area (Å²) in [5.74, 6) is 0.826. The summed E-state index contributed by atoms with van der Waals surface area (Å²) in [5, 5.41) is 7.46. The van der Waals surface area contributed by atoms with E-state index in [0.29, 0.717) is 17.5 Å². The summed E-state index contributed by atoms with van der Waals surface area (Å²) in [6, 6.07) is 4.27. The third-order valence-electron chi connectivity index (χ3n) is 6.54. The number of rotatable bonds is 5. The number of methoxy groups -OCH3 is 1. The predicted molar refractivity (Wildman–Crippen MR) is 124 cm³/mol. The SMILES string of the molecule is COC(=O)c1c(C)c2cnc(Nc3ccc(N4CCNCC4)cn3)nc2n1C1CCCC1. The third-order valence-corrected chi connectivity index (χ3v) is 6.54. The number of anilines is 3. The van der Waals surface area contributed by atoms with Crippen LogP contribution in [0.15, 0.2) is 24.5 Å². The van der Waals surface area contributed by atoms with Gasteiger partial charge in [-0.15, -0.1) is 0 Å². The van der Waals surface area contributed by atoms with Crippen LogP contribution in [-0.2, 0) is 4.74 Å². The van der Waals surface area contributed by atoms with Crippen molar-refractivity contribution in [3.63, 3.8) is 0 Å². The van der Waals surface area contributed by atoms with Gasteiger partial charge in [0, 0.05) is 43.8 Å². The molecule has 4 heterocycles. The second-order valence-corrected chi connectivity index (χ2v) is 8.47. The number of piperazine rings is 1. The Morgan fingerprint density at radius 3 is 2.62 bits per heavy atom. The Hall–Kier alpha value is -3.20. The maximum Gasteiger partial charge on any atom is 0.355 e. The van der Waals surface area contributed by atoms with Crippen molar-refractivity contribution in [2.45, 2.75) is 38.6 Å². The average Bonchev–Trinajstić information content (AvgIpc) is 3.46. The molecule has 5 rings (SSSR count). The number of esters is 1. The maximum absolute atomic E-state index is 12.6. The van der Waals surface area contributed by atoms with Crippen molar-refractivity contribution in [2.24, 2.45) is 0 Å². The van der Waals surface area contributed by atoms with E-state index in [0.717, 1.165) is 74.1 Å². The van der Waals surface area contributed by atoms with Gasteiger partial charge in [-0.25, -0.2) is 14.8 Å². The van der Waals surface area contributed by atoms with E-state index in [1.165, 1.54) is 7.11 Å². The first-order chi connectivity index (χ1) is 15.7. The van der Waals surface area contributed by atoms with Crippen molar-refractivity contribution >= 4 is 34.5 Å². The summed E-state index contributed by atoms with van der Waals surface area (Å²) >= 11 is 0. The lowest BCUT2D eigenvalue weighted by Gasteiger charge is -2.29. The number of hydrogen-bond donors (Lipinski definition) is 2. The number of nitrogens with one attached hydrogen (secondary N) is 2. The first-order valence-electron chi connectivity index (χ1n) is 11.3. The van der Waals surface area contributed by atoms with Gasteiger partial charge in [-0.3, -0.25) is 0 Å². The molecule has 9 heteroatoms. The zero-order chi connectivity index (χ0) is 22.1. The molecule has 0 bridgehead atoms. The maximum atomic E-state index is 12.6. The normalized spacial score (nSPS) is 17.1. The Morgan fingerprint density at radius 2 is 1.94 bits per heavy atom. The highest BCUT2D eigenvalue weighted by atomic mass is 16.5. The van der Waals surface area contributed by atoms with Crippen molar-refractivity contribution in [2.75, 3.05) is 43.5 Å². The molecular formula is C23H29N7O2. The number of aryl methyl sites for hydroxylation is 1. The van der Waals surface area contributed by atoms with E-state index in [9.17, 15) is 4.79 Å². The van der Waals surface area contributed by atoms with Gasteiger partial charge in [0.25, 0.3) is 0 Å². The second kappa shape index (κ2) is 8.74. The lowest BCUT2D eigenvalue weighted by atomic mass is 10.2. The lowest BCUT2D eigenvalue weighted by molar-refractivity contribution is 0.0585. The minimum atomic E-state index is -0.327. The van der Waals surface area contributed by atoms with Crippen molar-refractivity contribution < 1.29 is 9.53 Å². The fourth-order valence-electron chi connectivity index (χ4n) is 4.85. The van der Waals surface area contributed by atoms with Gasteiger partial charge < -0.3 is 24.8 Å². The quantitative estimate of drug-likeness (QED) is 0.590. The number of hydrogen-bond acceptors (Lipinski definition) is 8. The summed E-state index contributed by atoms with van der Waals surface area (Å²) < 4.78 is 7.16. The molecule has 0 radical (unpaired) electrons. The molecule has 1 saturated carbocycles. The smallest absolute Gasteiger partial charge is 0.355 e. The second-order valence-electron chi connectivity index (χ2n) is 8.47. The molecule has 3 aromatic rings. The minimum Gasteiger partial charge on any atom is -0.464 e. The van der Waals surface area contributed by atoms with Crippen LogP contribution in [0.25, 0.3) is 11.0 Å². The number of carbonyl (C=O) groups excluding carboxylic acids is 1. The average molecular weight is 436 g/mol. The van der Waals surface area contributed by atoms with Crippen LogP contribution in [0, 0.1) is 6.92 Å². The first-order valence-corrected chi connectivity index (χ1v) is 11.3. The molecule has 1 aliphatic heterocycles. The van der Waals surface area contributed by atoms with E-state index >= 15 is 0 Å². The lowest BCUT2D eigenvalue weighted by Crippen LogP contribution is -2.43. The van der Waals surface area contributed by atoms with Crippen LogP contribution in [0.1, 0.15) is 47.8 Å². The minimum absolute atomic E-state index is 0.250. The largest absolute Gasteiger partial charge is 0.464 e. The van der Waals surface area contributed by atoms with Gasteiger partial charge in [0.15, 0.2) is 0 Å². The van der Waals surface area contributed by atoms with Crippen molar-refractivity contribution in [1.82, 2.24) is 24.8 Å². The van der Waals surface area contributed by atoms with E-state index in [2.05, 4.69) is 36.1 Å². The molecule has 2 fully saturated rings. The molecule has 3 aromatic heterocycles. The summed E-state index contributed by atoms with van der Waals surface area (Å²) in [4.78, 5) is 28.8. The Morgan fingerprint density at radius 1 is 1.16 bits per heavy atom. The predicted octanol–water partition coefficient (Wildman–Crippen LogP) is 3.19. The Bertz CT molecular complexity index is 1110. The third kappa shape index (κ3) is 3.77.